The number of aryl methyl sites for hydroxylation is 1. The van der Waals surface area contributed by atoms with Crippen molar-refractivity contribution in [2.24, 2.45) is 11.8 Å². The van der Waals surface area contributed by atoms with Gasteiger partial charge in [-0.05, 0) is 37.2 Å². The predicted octanol–water partition coefficient (Wildman–Crippen LogP) is 4.26. The minimum atomic E-state index is 0.219. The van der Waals surface area contributed by atoms with Gasteiger partial charge in [-0.1, -0.05) is 44.5 Å². The number of Topliss-reactive ketones (excluding diaryl/α,β-unsaturated/α-hetero) is 1. The van der Waals surface area contributed by atoms with E-state index in [1.54, 1.807) is 0 Å². The molecule has 1 aliphatic carbocycles. The van der Waals surface area contributed by atoms with Gasteiger partial charge in [-0.25, -0.2) is 0 Å². The van der Waals surface area contributed by atoms with Crippen LogP contribution in [-0.4, -0.2) is 5.78 Å². The van der Waals surface area contributed by atoms with Crippen molar-refractivity contribution < 1.29 is 4.79 Å². The number of hydrogen-bond acceptors (Lipinski definition) is 1. The van der Waals surface area contributed by atoms with Crippen molar-refractivity contribution in [1.82, 2.24) is 0 Å². The van der Waals surface area contributed by atoms with Gasteiger partial charge in [-0.3, -0.25) is 4.79 Å². The molecule has 92 valence electrons. The number of hydrogen-bond donors (Lipinski definition) is 0. The van der Waals surface area contributed by atoms with Crippen molar-refractivity contribution in [3.05, 3.63) is 35.4 Å². The molecule has 1 fully saturated rings. The van der Waals surface area contributed by atoms with Crippen LogP contribution in [0.5, 0.6) is 0 Å². The van der Waals surface area contributed by atoms with Crippen LogP contribution in [0, 0.1) is 11.8 Å². The molecule has 1 unspecified atom stereocenters. The zero-order chi connectivity index (χ0) is 12.3. The number of carbonyl (C=O) groups excluding carboxylic acids is 1. The Hall–Kier alpha value is -1.11. The van der Waals surface area contributed by atoms with Crippen LogP contribution in [0.2, 0.25) is 0 Å². The van der Waals surface area contributed by atoms with E-state index in [1.165, 1.54) is 31.2 Å². The van der Waals surface area contributed by atoms with E-state index in [0.29, 0.717) is 11.7 Å². The first kappa shape index (κ1) is 12.3. The van der Waals surface area contributed by atoms with Crippen LogP contribution in [0.25, 0.3) is 0 Å². The van der Waals surface area contributed by atoms with Gasteiger partial charge in [-0.2, -0.15) is 0 Å². The lowest BCUT2D eigenvalue weighted by atomic mass is 9.94. The third-order valence-corrected chi connectivity index (χ3v) is 3.80. The standard InChI is InChI=1S/C16H22O/c1-3-4-5-13-6-8-15(9-7-13)16(17)12(2)14-10-11-14/h6-9,12,14H,3-5,10-11H2,1-2H3. The minimum Gasteiger partial charge on any atom is -0.294 e. The molecule has 0 radical (unpaired) electrons. The van der Waals surface area contributed by atoms with E-state index in [4.69, 9.17) is 0 Å². The molecule has 17 heavy (non-hydrogen) atoms. The molecule has 1 aliphatic rings. The summed E-state index contributed by atoms with van der Waals surface area (Å²) in [5.74, 6) is 1.20. The van der Waals surface area contributed by atoms with Crippen LogP contribution in [0.15, 0.2) is 24.3 Å². The van der Waals surface area contributed by atoms with Crippen LogP contribution in [0.1, 0.15) is 55.5 Å². The minimum absolute atomic E-state index is 0.219. The van der Waals surface area contributed by atoms with Crippen LogP contribution >= 0.6 is 0 Å². The lowest BCUT2D eigenvalue weighted by Gasteiger charge is -2.09. The average molecular weight is 230 g/mol. The summed E-state index contributed by atoms with van der Waals surface area (Å²) in [7, 11) is 0. The highest BCUT2D eigenvalue weighted by atomic mass is 16.1. The van der Waals surface area contributed by atoms with Gasteiger partial charge in [0.05, 0.1) is 0 Å². The van der Waals surface area contributed by atoms with E-state index in [-0.39, 0.29) is 5.92 Å². The van der Waals surface area contributed by atoms with E-state index < -0.39 is 0 Å². The monoisotopic (exact) mass is 230 g/mol. The maximum absolute atomic E-state index is 12.2. The van der Waals surface area contributed by atoms with Crippen molar-refractivity contribution in [1.29, 1.82) is 0 Å². The highest BCUT2D eigenvalue weighted by Gasteiger charge is 2.32. The average Bonchev–Trinajstić information content (AvgIpc) is 3.19. The van der Waals surface area contributed by atoms with Gasteiger partial charge in [0.2, 0.25) is 0 Å². The van der Waals surface area contributed by atoms with Crippen molar-refractivity contribution >= 4 is 5.78 Å². The smallest absolute Gasteiger partial charge is 0.165 e. The van der Waals surface area contributed by atoms with E-state index in [0.717, 1.165) is 12.0 Å². The van der Waals surface area contributed by atoms with Gasteiger partial charge in [0.15, 0.2) is 5.78 Å². The molecule has 1 heteroatoms. The molecule has 0 spiro atoms. The van der Waals surface area contributed by atoms with Gasteiger partial charge < -0.3 is 0 Å². The summed E-state index contributed by atoms with van der Waals surface area (Å²) < 4.78 is 0. The first-order chi connectivity index (χ1) is 8.22. The molecule has 2 rings (SSSR count). The highest BCUT2D eigenvalue weighted by Crippen LogP contribution is 2.38. The van der Waals surface area contributed by atoms with Crippen LogP contribution < -0.4 is 0 Å². The Morgan fingerprint density at radius 3 is 2.47 bits per heavy atom. The number of unbranched alkanes of at least 4 members (excludes halogenated alkanes) is 1. The Bertz CT molecular complexity index is 373. The normalized spacial score (nSPS) is 16.8. The summed E-state index contributed by atoms with van der Waals surface area (Å²) in [6.45, 7) is 4.28. The molecule has 0 aromatic heterocycles. The van der Waals surface area contributed by atoms with Gasteiger partial charge >= 0.3 is 0 Å². The zero-order valence-corrected chi connectivity index (χ0v) is 10.9. The van der Waals surface area contributed by atoms with Crippen LogP contribution in [-0.2, 0) is 6.42 Å². The molecule has 1 aromatic carbocycles. The molecule has 0 heterocycles. The van der Waals surface area contributed by atoms with Crippen molar-refractivity contribution in [3.63, 3.8) is 0 Å². The Kier molecular flexibility index (Phi) is 3.98. The van der Waals surface area contributed by atoms with Crippen molar-refractivity contribution in [2.45, 2.75) is 46.0 Å². The third kappa shape index (κ3) is 3.18. The lowest BCUT2D eigenvalue weighted by molar-refractivity contribution is 0.0916. The van der Waals surface area contributed by atoms with E-state index >= 15 is 0 Å². The first-order valence-corrected chi connectivity index (χ1v) is 6.85. The van der Waals surface area contributed by atoms with Gasteiger partial charge in [0.25, 0.3) is 0 Å². The molecule has 1 atom stereocenters. The molecule has 1 aromatic rings. The number of rotatable bonds is 6. The molecule has 1 nitrogen and oxygen atoms in total. The number of carbonyl (C=O) groups is 1. The molecular weight excluding hydrogens is 208 g/mol. The SMILES string of the molecule is CCCCc1ccc(C(=O)C(C)C2CC2)cc1. The molecule has 1 saturated carbocycles. The fourth-order valence-electron chi connectivity index (χ4n) is 2.29. The zero-order valence-electron chi connectivity index (χ0n) is 10.9. The maximum atomic E-state index is 12.2. The molecule has 0 amide bonds. The molecule has 0 aliphatic heterocycles. The Morgan fingerprint density at radius 1 is 1.29 bits per heavy atom. The summed E-state index contributed by atoms with van der Waals surface area (Å²) in [5.41, 5.74) is 2.24. The molecule has 0 N–H and O–H groups in total. The predicted molar refractivity (Wildman–Crippen MR) is 71.3 cm³/mol. The second-order valence-corrected chi connectivity index (χ2v) is 5.29. The summed E-state index contributed by atoms with van der Waals surface area (Å²) in [5, 5.41) is 0. The largest absolute Gasteiger partial charge is 0.294 e. The fourth-order valence-corrected chi connectivity index (χ4v) is 2.29. The third-order valence-electron chi connectivity index (χ3n) is 3.80. The molecular formula is C16H22O. The summed E-state index contributed by atoms with van der Waals surface area (Å²) in [6.07, 6.45) is 6.05. The first-order valence-electron chi connectivity index (χ1n) is 6.85. The van der Waals surface area contributed by atoms with Gasteiger partial charge in [0.1, 0.15) is 0 Å². The molecule has 0 bridgehead atoms. The Balaban J connectivity index is 1.98. The van der Waals surface area contributed by atoms with E-state index in [9.17, 15) is 4.79 Å². The topological polar surface area (TPSA) is 17.1 Å². The van der Waals surface area contributed by atoms with Crippen molar-refractivity contribution in [3.8, 4) is 0 Å². The van der Waals surface area contributed by atoms with Gasteiger partial charge in [0, 0.05) is 11.5 Å². The molecule has 0 saturated heterocycles. The second-order valence-electron chi connectivity index (χ2n) is 5.29. The van der Waals surface area contributed by atoms with Crippen LogP contribution in [0.4, 0.5) is 0 Å². The Morgan fingerprint density at radius 2 is 1.94 bits per heavy atom. The highest BCUT2D eigenvalue weighted by molar-refractivity contribution is 5.98. The number of ketones is 1. The number of benzene rings is 1. The van der Waals surface area contributed by atoms with Crippen LogP contribution in [0.3, 0.4) is 0 Å². The van der Waals surface area contributed by atoms with E-state index in [2.05, 4.69) is 26.0 Å². The summed E-state index contributed by atoms with van der Waals surface area (Å²) >= 11 is 0. The van der Waals surface area contributed by atoms with Gasteiger partial charge in [-0.15, -0.1) is 0 Å². The lowest BCUT2D eigenvalue weighted by Crippen LogP contribution is -2.13. The Labute approximate surface area is 104 Å². The summed E-state index contributed by atoms with van der Waals surface area (Å²) in [6, 6.07) is 8.24. The quantitative estimate of drug-likeness (QED) is 0.667. The second kappa shape index (κ2) is 5.48. The van der Waals surface area contributed by atoms with Crippen molar-refractivity contribution in [2.75, 3.05) is 0 Å². The summed E-state index contributed by atoms with van der Waals surface area (Å²) in [4.78, 5) is 12.2. The maximum Gasteiger partial charge on any atom is 0.165 e. The van der Waals surface area contributed by atoms with E-state index in [1.807, 2.05) is 12.1 Å². The fraction of sp³-hybridized carbons (Fsp3) is 0.562.